The predicted octanol–water partition coefficient (Wildman–Crippen LogP) is 7.74. The molecule has 0 unspecified atom stereocenters. The molecule has 0 saturated heterocycles. The van der Waals surface area contributed by atoms with Gasteiger partial charge in [-0.2, -0.15) is 5.26 Å². The Morgan fingerprint density at radius 2 is 1.58 bits per heavy atom. The zero-order valence-electron chi connectivity index (χ0n) is 24.2. The molecular weight excluding hydrogens is 601 g/mol. The Bertz CT molecular complexity index is 1890. The van der Waals surface area contributed by atoms with Crippen LogP contribution in [0.1, 0.15) is 27.0 Å². The monoisotopic (exact) mass is 628 g/mol. The first-order valence-corrected chi connectivity index (χ1v) is 15.8. The van der Waals surface area contributed by atoms with Gasteiger partial charge in [0.1, 0.15) is 16.8 Å². The van der Waals surface area contributed by atoms with Gasteiger partial charge in [-0.15, -0.1) is 23.1 Å². The fraction of sp³-hybridized carbons (Fsp3) is 0.0556. The number of nitrogens with one attached hydrogen (secondary N) is 3. The molecule has 3 N–H and O–H groups in total. The van der Waals surface area contributed by atoms with Gasteiger partial charge in [0.15, 0.2) is 0 Å². The lowest BCUT2D eigenvalue weighted by Gasteiger charge is -2.12. The highest BCUT2D eigenvalue weighted by molar-refractivity contribution is 8.00. The van der Waals surface area contributed by atoms with E-state index in [1.54, 1.807) is 48.5 Å². The number of benzene rings is 4. The Morgan fingerprint density at radius 1 is 0.867 bits per heavy atom. The molecular formula is C36H28N4O3S2. The van der Waals surface area contributed by atoms with E-state index in [0.29, 0.717) is 21.8 Å². The Labute approximate surface area is 269 Å². The van der Waals surface area contributed by atoms with Crippen molar-refractivity contribution in [2.45, 2.75) is 11.8 Å². The number of nitrogens with zero attached hydrogens (tertiary/aromatic N) is 1. The minimum absolute atomic E-state index is 0.0873. The summed E-state index contributed by atoms with van der Waals surface area (Å²) < 4.78 is 0. The SMILES string of the molecule is Cc1ccc(/C=C(/NC(=O)c2ccccc2)C(=O)Nc2cccc(SCC(=O)Nc3scc(-c4ccccc4)c3C#N)c2)cc1. The van der Waals surface area contributed by atoms with E-state index in [2.05, 4.69) is 22.0 Å². The minimum atomic E-state index is -0.490. The number of nitriles is 1. The third-order valence-corrected chi connectivity index (χ3v) is 8.51. The quantitative estimate of drug-likeness (QED) is 0.108. The predicted molar refractivity (Wildman–Crippen MR) is 182 cm³/mol. The van der Waals surface area contributed by atoms with Gasteiger partial charge in [-0.05, 0) is 54.5 Å². The summed E-state index contributed by atoms with van der Waals surface area (Å²) in [6, 6.07) is 35.2. The van der Waals surface area contributed by atoms with Crippen molar-refractivity contribution in [3.05, 3.63) is 143 Å². The maximum absolute atomic E-state index is 13.4. The van der Waals surface area contributed by atoms with E-state index in [-0.39, 0.29) is 17.4 Å². The normalized spacial score (nSPS) is 10.9. The largest absolute Gasteiger partial charge is 0.321 e. The first kappa shape index (κ1) is 31.0. The Hall–Kier alpha value is -5.43. The lowest BCUT2D eigenvalue weighted by atomic mass is 10.1. The number of hydrogen-bond donors (Lipinski definition) is 3. The van der Waals surface area contributed by atoms with Gasteiger partial charge in [0.05, 0.1) is 11.3 Å². The number of hydrogen-bond acceptors (Lipinski definition) is 6. The van der Waals surface area contributed by atoms with Crippen molar-refractivity contribution in [1.82, 2.24) is 5.32 Å². The Kier molecular flexibility index (Phi) is 10.2. The first-order chi connectivity index (χ1) is 21.9. The number of carbonyl (C=O) groups excluding carboxylic acids is 3. The summed E-state index contributed by atoms with van der Waals surface area (Å²) in [6.07, 6.45) is 1.63. The van der Waals surface area contributed by atoms with Crippen molar-refractivity contribution < 1.29 is 14.4 Å². The molecule has 0 spiro atoms. The molecule has 1 aromatic heterocycles. The summed E-state index contributed by atoms with van der Waals surface area (Å²) in [4.78, 5) is 39.9. The molecule has 45 heavy (non-hydrogen) atoms. The van der Waals surface area contributed by atoms with Crippen molar-refractivity contribution in [3.8, 4) is 17.2 Å². The molecule has 4 aromatic carbocycles. The number of carbonyl (C=O) groups is 3. The van der Waals surface area contributed by atoms with Crippen LogP contribution in [-0.4, -0.2) is 23.5 Å². The van der Waals surface area contributed by atoms with Crippen LogP contribution < -0.4 is 16.0 Å². The first-order valence-electron chi connectivity index (χ1n) is 14.0. The van der Waals surface area contributed by atoms with Crippen LogP contribution in [-0.2, 0) is 9.59 Å². The topological polar surface area (TPSA) is 111 Å². The van der Waals surface area contributed by atoms with Gasteiger partial charge in [0.25, 0.3) is 11.8 Å². The molecule has 5 aromatic rings. The maximum Gasteiger partial charge on any atom is 0.272 e. The zero-order chi connectivity index (χ0) is 31.6. The molecule has 0 fully saturated rings. The third kappa shape index (κ3) is 8.36. The highest BCUT2D eigenvalue weighted by Crippen LogP contribution is 2.35. The number of aryl methyl sites for hydroxylation is 1. The average Bonchev–Trinajstić information content (AvgIpc) is 3.47. The van der Waals surface area contributed by atoms with E-state index in [1.807, 2.05) is 79.0 Å². The van der Waals surface area contributed by atoms with E-state index in [4.69, 9.17) is 0 Å². The summed E-state index contributed by atoms with van der Waals surface area (Å²) in [5.74, 6) is -1.04. The third-order valence-electron chi connectivity index (χ3n) is 6.62. The van der Waals surface area contributed by atoms with Crippen molar-refractivity contribution in [2.24, 2.45) is 0 Å². The molecule has 0 radical (unpaired) electrons. The van der Waals surface area contributed by atoms with Gasteiger partial charge >= 0.3 is 0 Å². The number of amides is 3. The number of thioether (sulfide) groups is 1. The molecule has 7 nitrogen and oxygen atoms in total. The summed E-state index contributed by atoms with van der Waals surface area (Å²) >= 11 is 2.61. The molecule has 9 heteroatoms. The van der Waals surface area contributed by atoms with E-state index < -0.39 is 11.8 Å². The Morgan fingerprint density at radius 3 is 2.29 bits per heavy atom. The van der Waals surface area contributed by atoms with Crippen LogP contribution in [0.4, 0.5) is 10.7 Å². The van der Waals surface area contributed by atoms with Gasteiger partial charge in [-0.3, -0.25) is 14.4 Å². The van der Waals surface area contributed by atoms with Crippen LogP contribution in [0.3, 0.4) is 0 Å². The highest BCUT2D eigenvalue weighted by Gasteiger charge is 2.17. The molecule has 0 bridgehead atoms. The fourth-order valence-electron chi connectivity index (χ4n) is 4.34. The smallest absolute Gasteiger partial charge is 0.272 e. The van der Waals surface area contributed by atoms with Gasteiger partial charge in [0.2, 0.25) is 5.91 Å². The van der Waals surface area contributed by atoms with E-state index >= 15 is 0 Å². The van der Waals surface area contributed by atoms with Crippen molar-refractivity contribution in [2.75, 3.05) is 16.4 Å². The molecule has 5 rings (SSSR count). The number of thiophene rings is 1. The summed E-state index contributed by atoms with van der Waals surface area (Å²) in [6.45, 7) is 1.97. The van der Waals surface area contributed by atoms with Crippen LogP contribution in [0.5, 0.6) is 0 Å². The Balaban J connectivity index is 1.25. The second-order valence-corrected chi connectivity index (χ2v) is 11.9. The van der Waals surface area contributed by atoms with Gasteiger partial charge in [0, 0.05) is 27.1 Å². The van der Waals surface area contributed by atoms with Crippen molar-refractivity contribution >= 4 is 57.6 Å². The molecule has 0 atom stereocenters. The van der Waals surface area contributed by atoms with Crippen LogP contribution in [0.2, 0.25) is 0 Å². The lowest BCUT2D eigenvalue weighted by Crippen LogP contribution is -2.30. The fourth-order valence-corrected chi connectivity index (χ4v) is 6.03. The van der Waals surface area contributed by atoms with Gasteiger partial charge in [-0.1, -0.05) is 84.4 Å². The summed E-state index contributed by atoms with van der Waals surface area (Å²) in [5, 5.41) is 20.6. The molecule has 3 amide bonds. The average molecular weight is 629 g/mol. The van der Waals surface area contributed by atoms with Gasteiger partial charge in [-0.25, -0.2) is 0 Å². The van der Waals surface area contributed by atoms with Crippen molar-refractivity contribution in [1.29, 1.82) is 5.26 Å². The maximum atomic E-state index is 13.4. The molecule has 0 aliphatic rings. The highest BCUT2D eigenvalue weighted by atomic mass is 32.2. The minimum Gasteiger partial charge on any atom is -0.321 e. The van der Waals surface area contributed by atoms with Crippen molar-refractivity contribution in [3.63, 3.8) is 0 Å². The molecule has 222 valence electrons. The molecule has 0 aliphatic carbocycles. The van der Waals surface area contributed by atoms with E-state index in [9.17, 15) is 19.6 Å². The second-order valence-electron chi connectivity index (χ2n) is 9.94. The molecule has 0 saturated carbocycles. The summed E-state index contributed by atoms with van der Waals surface area (Å²) in [7, 11) is 0. The van der Waals surface area contributed by atoms with Crippen LogP contribution in [0, 0.1) is 18.3 Å². The molecule has 0 aliphatic heterocycles. The molecule has 1 heterocycles. The standard InChI is InChI=1S/C36H28N4O3S2/c1-24-15-17-25(18-16-24)19-32(39-34(42)27-11-6-3-7-12-27)35(43)38-28-13-8-14-29(20-28)44-23-33(41)40-36-30(21-37)31(22-45-36)26-9-4-2-5-10-26/h2-20,22H,23H2,1H3,(H,38,43)(H,39,42)(H,40,41)/b32-19+. The van der Waals surface area contributed by atoms with Crippen LogP contribution >= 0.6 is 23.1 Å². The second kappa shape index (κ2) is 14.8. The summed E-state index contributed by atoms with van der Waals surface area (Å²) in [5.41, 5.74) is 4.99. The number of rotatable bonds is 10. The zero-order valence-corrected chi connectivity index (χ0v) is 25.9. The number of anilines is 2. The van der Waals surface area contributed by atoms with Crippen LogP contribution in [0.25, 0.3) is 17.2 Å². The lowest BCUT2D eigenvalue weighted by molar-refractivity contribution is -0.114. The van der Waals surface area contributed by atoms with Gasteiger partial charge < -0.3 is 16.0 Å². The van der Waals surface area contributed by atoms with E-state index in [1.165, 1.54) is 23.1 Å². The van der Waals surface area contributed by atoms with E-state index in [0.717, 1.165) is 27.1 Å². The van der Waals surface area contributed by atoms with Crippen LogP contribution in [0.15, 0.2) is 125 Å².